The van der Waals surface area contributed by atoms with Crippen molar-refractivity contribution in [2.75, 3.05) is 6.54 Å². The molecule has 2 fully saturated rings. The molecule has 2 aromatic rings. The van der Waals surface area contributed by atoms with E-state index in [1.165, 1.54) is 4.90 Å². The van der Waals surface area contributed by atoms with Gasteiger partial charge in [0.1, 0.15) is 11.6 Å². The fourth-order valence-corrected chi connectivity index (χ4v) is 4.29. The van der Waals surface area contributed by atoms with Gasteiger partial charge in [0.15, 0.2) is 5.76 Å². The average Bonchev–Trinajstić information content (AvgIpc) is 3.19. The van der Waals surface area contributed by atoms with Crippen LogP contribution in [0.2, 0.25) is 0 Å². The largest absolute Gasteiger partial charge is 0.480 e. The second-order valence-corrected chi connectivity index (χ2v) is 6.70. The fraction of sp³-hybridized carbons (Fsp3) is 0.444. The van der Waals surface area contributed by atoms with Crippen LogP contribution in [-0.2, 0) is 4.79 Å². The number of nitrogens with zero attached hydrogens (tertiary/aromatic N) is 1. The lowest BCUT2D eigenvalue weighted by atomic mass is 9.94. The molecule has 2 aliphatic rings. The lowest BCUT2D eigenvalue weighted by molar-refractivity contribution is -0.142. The first kappa shape index (κ1) is 14.3. The van der Waals surface area contributed by atoms with Crippen LogP contribution in [0.4, 0.5) is 0 Å². The summed E-state index contributed by atoms with van der Waals surface area (Å²) in [5.74, 6) is -0.573. The van der Waals surface area contributed by atoms with Gasteiger partial charge in [0.2, 0.25) is 0 Å². The molecule has 2 heterocycles. The molecule has 5 heteroatoms. The molecule has 1 N–H and O–H groups in total. The van der Waals surface area contributed by atoms with Crippen LogP contribution in [0.1, 0.15) is 35.4 Å². The van der Waals surface area contributed by atoms with Gasteiger partial charge in [-0.1, -0.05) is 24.6 Å². The minimum Gasteiger partial charge on any atom is -0.480 e. The molecule has 3 atom stereocenters. The van der Waals surface area contributed by atoms with E-state index in [-0.39, 0.29) is 17.6 Å². The summed E-state index contributed by atoms with van der Waals surface area (Å²) >= 11 is 0. The number of hydrogen-bond donors (Lipinski definition) is 1. The van der Waals surface area contributed by atoms with Crippen molar-refractivity contribution in [1.29, 1.82) is 0 Å². The van der Waals surface area contributed by atoms with Gasteiger partial charge < -0.3 is 14.4 Å². The smallest absolute Gasteiger partial charge is 0.326 e. The second kappa shape index (κ2) is 5.11. The van der Waals surface area contributed by atoms with Crippen molar-refractivity contribution >= 4 is 22.8 Å². The van der Waals surface area contributed by atoms with Crippen molar-refractivity contribution in [2.45, 2.75) is 32.2 Å². The van der Waals surface area contributed by atoms with Gasteiger partial charge in [-0.05, 0) is 43.2 Å². The maximum atomic E-state index is 12.8. The molecular weight excluding hydrogens is 294 g/mol. The van der Waals surface area contributed by atoms with Gasteiger partial charge in [-0.25, -0.2) is 4.79 Å². The van der Waals surface area contributed by atoms with Crippen molar-refractivity contribution in [3.8, 4) is 0 Å². The van der Waals surface area contributed by atoms with E-state index < -0.39 is 12.0 Å². The first-order valence-electron chi connectivity index (χ1n) is 8.09. The predicted molar refractivity (Wildman–Crippen MR) is 84.2 cm³/mol. The summed E-state index contributed by atoms with van der Waals surface area (Å²) in [4.78, 5) is 26.0. The number of benzene rings is 1. The number of aryl methyl sites for hydroxylation is 1. The number of para-hydroxylation sites is 1. The summed E-state index contributed by atoms with van der Waals surface area (Å²) in [6.07, 6.45) is 2.97. The van der Waals surface area contributed by atoms with E-state index in [1.54, 1.807) is 6.07 Å². The molecular formula is C18H19NO4. The predicted octanol–water partition coefficient (Wildman–Crippen LogP) is 3.07. The Hall–Kier alpha value is -2.30. The zero-order chi connectivity index (χ0) is 16.1. The molecule has 1 amide bonds. The summed E-state index contributed by atoms with van der Waals surface area (Å²) in [5.41, 5.74) is 1.66. The van der Waals surface area contributed by atoms with Gasteiger partial charge in [0.05, 0.1) is 0 Å². The SMILES string of the molecule is Cc1cccc2cc(C(=O)N3CC4CCCC4C3C(=O)O)oc12. The molecule has 23 heavy (non-hydrogen) atoms. The van der Waals surface area contributed by atoms with E-state index in [1.807, 2.05) is 25.1 Å². The highest BCUT2D eigenvalue weighted by molar-refractivity contribution is 5.98. The van der Waals surface area contributed by atoms with Crippen LogP contribution in [0, 0.1) is 18.8 Å². The minimum atomic E-state index is -0.903. The number of amides is 1. The van der Waals surface area contributed by atoms with E-state index in [0.29, 0.717) is 18.0 Å². The van der Waals surface area contributed by atoms with Crippen molar-refractivity contribution in [2.24, 2.45) is 11.8 Å². The lowest BCUT2D eigenvalue weighted by Gasteiger charge is -2.23. The Bertz CT molecular complexity index is 793. The minimum absolute atomic E-state index is 0.0857. The van der Waals surface area contributed by atoms with Gasteiger partial charge in [-0.15, -0.1) is 0 Å². The number of carbonyl (C=O) groups is 2. The molecule has 4 rings (SSSR count). The van der Waals surface area contributed by atoms with E-state index in [2.05, 4.69) is 0 Å². The quantitative estimate of drug-likeness (QED) is 0.925. The molecule has 1 aromatic heterocycles. The van der Waals surface area contributed by atoms with Crippen molar-refractivity contribution in [3.63, 3.8) is 0 Å². The van der Waals surface area contributed by atoms with Crippen LogP contribution in [0.3, 0.4) is 0 Å². The average molecular weight is 313 g/mol. The second-order valence-electron chi connectivity index (χ2n) is 6.70. The van der Waals surface area contributed by atoms with Crippen molar-refractivity contribution < 1.29 is 19.1 Å². The number of furan rings is 1. The molecule has 1 aromatic carbocycles. The van der Waals surface area contributed by atoms with E-state index >= 15 is 0 Å². The van der Waals surface area contributed by atoms with Crippen LogP contribution < -0.4 is 0 Å². The number of likely N-dealkylation sites (tertiary alicyclic amines) is 1. The van der Waals surface area contributed by atoms with Crippen LogP contribution in [0.15, 0.2) is 28.7 Å². The third-order valence-electron chi connectivity index (χ3n) is 5.36. The molecule has 0 radical (unpaired) electrons. The molecule has 1 saturated heterocycles. The first-order chi connectivity index (χ1) is 11.1. The third kappa shape index (κ3) is 2.14. The summed E-state index contributed by atoms with van der Waals surface area (Å²) in [7, 11) is 0. The van der Waals surface area contributed by atoms with Gasteiger partial charge in [0.25, 0.3) is 5.91 Å². The fourth-order valence-electron chi connectivity index (χ4n) is 4.29. The highest BCUT2D eigenvalue weighted by Crippen LogP contribution is 2.43. The number of carbonyl (C=O) groups excluding carboxylic acids is 1. The van der Waals surface area contributed by atoms with Crippen LogP contribution in [0.25, 0.3) is 11.0 Å². The van der Waals surface area contributed by atoms with Crippen LogP contribution in [0.5, 0.6) is 0 Å². The number of aliphatic carboxylic acids is 1. The standard InChI is InChI=1S/C18H19NO4/c1-10-4-2-5-11-8-14(23-16(10)11)17(20)19-9-12-6-3-7-13(12)15(19)18(21)22/h2,4-5,8,12-13,15H,3,6-7,9H2,1H3,(H,21,22). The van der Waals surface area contributed by atoms with Crippen molar-refractivity contribution in [3.05, 3.63) is 35.6 Å². The number of rotatable bonds is 2. The zero-order valence-corrected chi connectivity index (χ0v) is 13.0. The number of fused-ring (bicyclic) bond motifs is 2. The van der Waals surface area contributed by atoms with E-state index in [9.17, 15) is 14.7 Å². The van der Waals surface area contributed by atoms with Gasteiger partial charge in [0, 0.05) is 11.9 Å². The Labute approximate surface area is 133 Å². The topological polar surface area (TPSA) is 70.8 Å². The van der Waals surface area contributed by atoms with E-state index in [0.717, 1.165) is 30.2 Å². The third-order valence-corrected chi connectivity index (χ3v) is 5.36. The molecule has 0 spiro atoms. The maximum Gasteiger partial charge on any atom is 0.326 e. The van der Waals surface area contributed by atoms with Crippen LogP contribution in [-0.4, -0.2) is 34.5 Å². The van der Waals surface area contributed by atoms with Gasteiger partial charge in [-0.3, -0.25) is 4.79 Å². The summed E-state index contributed by atoms with van der Waals surface area (Å²) in [5, 5.41) is 10.5. The summed E-state index contributed by atoms with van der Waals surface area (Å²) in [6.45, 7) is 2.46. The lowest BCUT2D eigenvalue weighted by Crippen LogP contribution is -2.43. The molecule has 1 aliphatic carbocycles. The summed E-state index contributed by atoms with van der Waals surface area (Å²) in [6, 6.07) is 6.75. The Kier molecular flexibility index (Phi) is 3.18. The number of hydrogen-bond acceptors (Lipinski definition) is 3. The van der Waals surface area contributed by atoms with Crippen molar-refractivity contribution in [1.82, 2.24) is 4.90 Å². The first-order valence-corrected chi connectivity index (χ1v) is 8.09. The van der Waals surface area contributed by atoms with E-state index in [4.69, 9.17) is 4.42 Å². The normalized spacial score (nSPS) is 26.7. The summed E-state index contributed by atoms with van der Waals surface area (Å²) < 4.78 is 5.74. The highest BCUT2D eigenvalue weighted by Gasteiger charge is 2.50. The van der Waals surface area contributed by atoms with Gasteiger partial charge in [-0.2, -0.15) is 0 Å². The molecule has 0 bridgehead atoms. The zero-order valence-electron chi connectivity index (χ0n) is 13.0. The Morgan fingerprint density at radius 1 is 1.30 bits per heavy atom. The van der Waals surface area contributed by atoms with Crippen LogP contribution >= 0.6 is 0 Å². The molecule has 1 saturated carbocycles. The molecule has 120 valence electrons. The maximum absolute atomic E-state index is 12.8. The Morgan fingerprint density at radius 2 is 2.13 bits per heavy atom. The molecule has 5 nitrogen and oxygen atoms in total. The molecule has 1 aliphatic heterocycles. The number of carboxylic acid groups (broad SMARTS) is 1. The molecule has 3 unspecified atom stereocenters. The Morgan fingerprint density at radius 3 is 2.87 bits per heavy atom. The number of carboxylic acids is 1. The van der Waals surface area contributed by atoms with Gasteiger partial charge >= 0.3 is 5.97 Å². The monoisotopic (exact) mass is 313 g/mol. The Balaban J connectivity index is 1.69. The highest BCUT2D eigenvalue weighted by atomic mass is 16.4.